The molecule has 2 heterocycles. The molecule has 0 saturated carbocycles. The van der Waals surface area contributed by atoms with Crippen molar-refractivity contribution >= 4 is 39.0 Å². The first-order chi connectivity index (χ1) is 10.9. The van der Waals surface area contributed by atoms with Crippen molar-refractivity contribution in [2.75, 3.05) is 10.6 Å². The number of anilines is 2. The van der Waals surface area contributed by atoms with E-state index >= 15 is 0 Å². The molecule has 0 aliphatic heterocycles. The molecule has 118 valence electrons. The molecule has 2 N–H and O–H groups in total. The van der Waals surface area contributed by atoms with Crippen LogP contribution in [0.15, 0.2) is 48.0 Å². The van der Waals surface area contributed by atoms with Gasteiger partial charge in [0.2, 0.25) is 0 Å². The van der Waals surface area contributed by atoms with E-state index in [0.717, 1.165) is 17.4 Å². The standard InChI is InChI=1S/C15H10F3N3OS/c16-15(17,18)10-6-8-23-13(10)21-14(22)20-12-5-7-19-11-4-2-1-3-9(11)12/h1-8H,(H2,19,20,21,22). The van der Waals surface area contributed by atoms with Crippen LogP contribution in [0.3, 0.4) is 0 Å². The van der Waals surface area contributed by atoms with Gasteiger partial charge in [0.05, 0.1) is 16.8 Å². The van der Waals surface area contributed by atoms with Gasteiger partial charge in [0.25, 0.3) is 0 Å². The summed E-state index contributed by atoms with van der Waals surface area (Å²) in [5.74, 6) is 0. The number of alkyl halides is 3. The van der Waals surface area contributed by atoms with Crippen LogP contribution in [0.2, 0.25) is 0 Å². The van der Waals surface area contributed by atoms with Crippen LogP contribution in [0, 0.1) is 0 Å². The number of carbonyl (C=O) groups is 1. The monoisotopic (exact) mass is 337 g/mol. The molecular formula is C15H10F3N3OS. The number of rotatable bonds is 2. The molecule has 0 unspecified atom stereocenters. The lowest BCUT2D eigenvalue weighted by Gasteiger charge is -2.11. The van der Waals surface area contributed by atoms with Gasteiger partial charge in [0.15, 0.2) is 0 Å². The topological polar surface area (TPSA) is 54.0 Å². The van der Waals surface area contributed by atoms with Gasteiger partial charge in [-0.25, -0.2) is 4.79 Å². The summed E-state index contributed by atoms with van der Waals surface area (Å²) >= 11 is 0.815. The number of nitrogens with one attached hydrogen (secondary N) is 2. The number of urea groups is 1. The number of carbonyl (C=O) groups excluding carboxylic acids is 1. The molecular weight excluding hydrogens is 327 g/mol. The van der Waals surface area contributed by atoms with E-state index in [2.05, 4.69) is 15.6 Å². The minimum Gasteiger partial charge on any atom is -0.307 e. The average Bonchev–Trinajstić information content (AvgIpc) is 2.96. The zero-order valence-electron chi connectivity index (χ0n) is 11.5. The third kappa shape index (κ3) is 3.26. The lowest BCUT2D eigenvalue weighted by Crippen LogP contribution is -2.20. The summed E-state index contributed by atoms with van der Waals surface area (Å²) in [6.45, 7) is 0. The molecule has 0 fully saturated rings. The number of halogens is 3. The number of hydrogen-bond acceptors (Lipinski definition) is 3. The highest BCUT2D eigenvalue weighted by atomic mass is 32.1. The predicted molar refractivity (Wildman–Crippen MR) is 83.7 cm³/mol. The van der Waals surface area contributed by atoms with Gasteiger partial charge in [-0.15, -0.1) is 11.3 Å². The Hall–Kier alpha value is -2.61. The average molecular weight is 337 g/mol. The maximum atomic E-state index is 12.8. The predicted octanol–water partition coefficient (Wildman–Crippen LogP) is 4.96. The SMILES string of the molecule is O=C(Nc1sccc1C(F)(F)F)Nc1ccnc2ccccc12. The van der Waals surface area contributed by atoms with Crippen LogP contribution >= 0.6 is 11.3 Å². The number of amides is 2. The summed E-state index contributed by atoms with van der Waals surface area (Å²) in [6, 6.07) is 8.91. The number of pyridine rings is 1. The van der Waals surface area contributed by atoms with Crippen LogP contribution in [0.1, 0.15) is 5.56 Å². The second-order valence-corrected chi connectivity index (χ2v) is 5.53. The van der Waals surface area contributed by atoms with Gasteiger partial charge < -0.3 is 5.32 Å². The second kappa shape index (κ2) is 5.88. The molecule has 3 aromatic rings. The van der Waals surface area contributed by atoms with Gasteiger partial charge in [0, 0.05) is 11.6 Å². The number of nitrogens with zero attached hydrogens (tertiary/aromatic N) is 1. The molecule has 0 radical (unpaired) electrons. The van der Waals surface area contributed by atoms with Crippen molar-refractivity contribution in [1.82, 2.24) is 4.98 Å². The molecule has 0 saturated heterocycles. The lowest BCUT2D eigenvalue weighted by molar-refractivity contribution is -0.136. The van der Waals surface area contributed by atoms with Gasteiger partial charge in [-0.2, -0.15) is 13.2 Å². The molecule has 2 amide bonds. The normalized spacial score (nSPS) is 11.4. The fourth-order valence-corrected chi connectivity index (χ4v) is 2.89. The molecule has 2 aromatic heterocycles. The van der Waals surface area contributed by atoms with Gasteiger partial charge in [-0.3, -0.25) is 10.3 Å². The first kappa shape index (κ1) is 15.3. The zero-order chi connectivity index (χ0) is 16.4. The molecule has 4 nitrogen and oxygen atoms in total. The molecule has 0 spiro atoms. The van der Waals surface area contributed by atoms with Gasteiger partial charge >= 0.3 is 12.2 Å². The van der Waals surface area contributed by atoms with Crippen molar-refractivity contribution < 1.29 is 18.0 Å². The van der Waals surface area contributed by atoms with Crippen molar-refractivity contribution in [3.8, 4) is 0 Å². The largest absolute Gasteiger partial charge is 0.419 e. The molecule has 0 bridgehead atoms. The quantitative estimate of drug-likeness (QED) is 0.694. The Labute approximate surface area is 133 Å². The molecule has 0 aliphatic rings. The summed E-state index contributed by atoms with van der Waals surface area (Å²) in [4.78, 5) is 16.2. The van der Waals surface area contributed by atoms with Crippen LogP contribution in [0.5, 0.6) is 0 Å². The number of benzene rings is 1. The highest BCUT2D eigenvalue weighted by molar-refractivity contribution is 7.14. The van der Waals surface area contributed by atoms with Gasteiger partial charge in [0.1, 0.15) is 5.00 Å². The van der Waals surface area contributed by atoms with E-state index in [1.165, 1.54) is 11.6 Å². The number of para-hydroxylation sites is 1. The fourth-order valence-electron chi connectivity index (χ4n) is 2.09. The second-order valence-electron chi connectivity index (χ2n) is 4.62. The van der Waals surface area contributed by atoms with E-state index in [-0.39, 0.29) is 5.00 Å². The van der Waals surface area contributed by atoms with Crippen LogP contribution in [-0.2, 0) is 6.18 Å². The van der Waals surface area contributed by atoms with Gasteiger partial charge in [-0.05, 0) is 23.6 Å². The number of aromatic nitrogens is 1. The van der Waals surface area contributed by atoms with E-state index in [1.54, 1.807) is 30.3 Å². The Morgan fingerprint density at radius 3 is 2.65 bits per heavy atom. The van der Waals surface area contributed by atoms with Crippen LogP contribution in [0.4, 0.5) is 28.7 Å². The third-order valence-corrected chi connectivity index (χ3v) is 3.92. The van der Waals surface area contributed by atoms with E-state index in [0.29, 0.717) is 16.6 Å². The van der Waals surface area contributed by atoms with Crippen LogP contribution < -0.4 is 10.6 Å². The van der Waals surface area contributed by atoms with Crippen molar-refractivity contribution in [3.05, 3.63) is 53.5 Å². The summed E-state index contributed by atoms with van der Waals surface area (Å²) in [5, 5.41) is 6.53. The number of fused-ring (bicyclic) bond motifs is 1. The first-order valence-electron chi connectivity index (χ1n) is 6.51. The van der Waals surface area contributed by atoms with Crippen molar-refractivity contribution in [1.29, 1.82) is 0 Å². The molecule has 0 aliphatic carbocycles. The summed E-state index contributed by atoms with van der Waals surface area (Å²) in [7, 11) is 0. The number of hydrogen-bond donors (Lipinski definition) is 2. The highest BCUT2D eigenvalue weighted by Crippen LogP contribution is 2.38. The van der Waals surface area contributed by atoms with E-state index < -0.39 is 17.8 Å². The maximum absolute atomic E-state index is 12.8. The summed E-state index contributed by atoms with van der Waals surface area (Å²) in [6.07, 6.45) is -2.99. The number of thiophene rings is 1. The van der Waals surface area contributed by atoms with Crippen molar-refractivity contribution in [3.63, 3.8) is 0 Å². The van der Waals surface area contributed by atoms with E-state index in [1.807, 2.05) is 0 Å². The molecule has 8 heteroatoms. The molecule has 3 rings (SSSR count). The minimum atomic E-state index is -4.51. The Balaban J connectivity index is 1.81. The molecule has 0 atom stereocenters. The molecule has 1 aromatic carbocycles. The van der Waals surface area contributed by atoms with E-state index in [9.17, 15) is 18.0 Å². The third-order valence-electron chi connectivity index (χ3n) is 3.09. The highest BCUT2D eigenvalue weighted by Gasteiger charge is 2.34. The Kier molecular flexibility index (Phi) is 3.91. The lowest BCUT2D eigenvalue weighted by atomic mass is 10.2. The maximum Gasteiger partial charge on any atom is 0.419 e. The van der Waals surface area contributed by atoms with Gasteiger partial charge in [-0.1, -0.05) is 18.2 Å². The zero-order valence-corrected chi connectivity index (χ0v) is 12.3. The summed E-state index contributed by atoms with van der Waals surface area (Å²) in [5.41, 5.74) is 0.285. The van der Waals surface area contributed by atoms with E-state index in [4.69, 9.17) is 0 Å². The van der Waals surface area contributed by atoms with Crippen LogP contribution in [-0.4, -0.2) is 11.0 Å². The minimum absolute atomic E-state index is 0.242. The smallest absolute Gasteiger partial charge is 0.307 e. The first-order valence-corrected chi connectivity index (χ1v) is 7.39. The van der Waals surface area contributed by atoms with Crippen molar-refractivity contribution in [2.45, 2.75) is 6.18 Å². The van der Waals surface area contributed by atoms with Crippen LogP contribution in [0.25, 0.3) is 10.9 Å². The Bertz CT molecular complexity index is 855. The Morgan fingerprint density at radius 2 is 1.87 bits per heavy atom. The van der Waals surface area contributed by atoms with Crippen molar-refractivity contribution in [2.24, 2.45) is 0 Å². The fraction of sp³-hybridized carbons (Fsp3) is 0.0667. The summed E-state index contributed by atoms with van der Waals surface area (Å²) < 4.78 is 38.4. The Morgan fingerprint density at radius 1 is 1.09 bits per heavy atom. The molecule has 23 heavy (non-hydrogen) atoms.